The van der Waals surface area contributed by atoms with Gasteiger partial charge in [-0.2, -0.15) is 4.98 Å². The van der Waals surface area contributed by atoms with Crippen molar-refractivity contribution in [2.24, 2.45) is 0 Å². The number of likely N-dealkylation sites (tertiary alicyclic amines) is 1. The zero-order valence-corrected chi connectivity index (χ0v) is 20.7. The second kappa shape index (κ2) is 9.82. The smallest absolute Gasteiger partial charge is 0.410 e. The van der Waals surface area contributed by atoms with Crippen molar-refractivity contribution in [3.63, 3.8) is 0 Å². The van der Waals surface area contributed by atoms with Crippen LogP contribution < -0.4 is 4.74 Å². The number of carbonyl (C=O) groups is 1. The van der Waals surface area contributed by atoms with Gasteiger partial charge in [0, 0.05) is 16.6 Å². The molecule has 0 unspecified atom stereocenters. The summed E-state index contributed by atoms with van der Waals surface area (Å²) in [6.45, 7) is 7.14. The summed E-state index contributed by atoms with van der Waals surface area (Å²) in [6.07, 6.45) is 2.58. The predicted octanol–water partition coefficient (Wildman–Crippen LogP) is 6.56. The van der Waals surface area contributed by atoms with E-state index in [9.17, 15) is 4.79 Å². The van der Waals surface area contributed by atoms with Crippen LogP contribution >= 0.6 is 23.2 Å². The highest BCUT2D eigenvalue weighted by atomic mass is 35.5. The van der Waals surface area contributed by atoms with E-state index in [4.69, 9.17) is 37.7 Å². The molecule has 0 radical (unpaired) electrons. The van der Waals surface area contributed by atoms with E-state index in [0.717, 1.165) is 35.9 Å². The van der Waals surface area contributed by atoms with Crippen LogP contribution in [0.5, 0.6) is 6.01 Å². The topological polar surface area (TPSA) is 56.6 Å². The molecule has 1 aliphatic heterocycles. The van der Waals surface area contributed by atoms with Gasteiger partial charge < -0.3 is 14.4 Å². The Kier molecular flexibility index (Phi) is 7.05. The van der Waals surface area contributed by atoms with E-state index in [2.05, 4.69) is 0 Å². The minimum atomic E-state index is -0.536. The molecule has 3 aromatic rings. The molecule has 6 nitrogen and oxygen atoms in total. The Morgan fingerprint density at radius 2 is 1.94 bits per heavy atom. The second-order valence-corrected chi connectivity index (χ2v) is 10.2. The van der Waals surface area contributed by atoms with E-state index in [0.29, 0.717) is 35.8 Å². The Balaban J connectivity index is 1.56. The maximum atomic E-state index is 12.8. The summed E-state index contributed by atoms with van der Waals surface area (Å²) >= 11 is 12.5. The highest BCUT2D eigenvalue weighted by Gasteiger charge is 2.31. The maximum Gasteiger partial charge on any atom is 0.410 e. The van der Waals surface area contributed by atoms with Crippen LogP contribution in [0.25, 0.3) is 11.0 Å². The lowest BCUT2D eigenvalue weighted by Gasteiger charge is -2.36. The largest absolute Gasteiger partial charge is 0.462 e. The van der Waals surface area contributed by atoms with Crippen molar-refractivity contribution in [1.29, 1.82) is 0 Å². The normalized spacial score (nSPS) is 16.8. The van der Waals surface area contributed by atoms with Crippen molar-refractivity contribution in [2.45, 2.75) is 58.2 Å². The Labute approximate surface area is 204 Å². The van der Waals surface area contributed by atoms with Crippen molar-refractivity contribution in [2.75, 3.05) is 13.2 Å². The fourth-order valence-corrected chi connectivity index (χ4v) is 4.51. The van der Waals surface area contributed by atoms with Crippen molar-refractivity contribution in [3.8, 4) is 6.01 Å². The first-order valence-corrected chi connectivity index (χ1v) is 12.0. The fourth-order valence-electron chi connectivity index (χ4n) is 4.04. The molecule has 1 aromatic heterocycles. The number of piperidine rings is 1. The number of amides is 1. The average molecular weight is 490 g/mol. The van der Waals surface area contributed by atoms with Gasteiger partial charge in [0.2, 0.25) is 0 Å². The van der Waals surface area contributed by atoms with E-state index in [1.54, 1.807) is 11.0 Å². The van der Waals surface area contributed by atoms with E-state index in [1.165, 1.54) is 0 Å². The summed E-state index contributed by atoms with van der Waals surface area (Å²) in [6, 6.07) is 13.8. The molecule has 0 bridgehead atoms. The van der Waals surface area contributed by atoms with E-state index < -0.39 is 5.60 Å². The van der Waals surface area contributed by atoms with Crippen molar-refractivity contribution in [3.05, 3.63) is 58.1 Å². The predicted molar refractivity (Wildman–Crippen MR) is 131 cm³/mol. The number of hydrogen-bond acceptors (Lipinski definition) is 4. The number of para-hydroxylation sites is 2. The first-order valence-electron chi connectivity index (χ1n) is 11.2. The number of nitrogens with zero attached hydrogens (tertiary/aromatic N) is 3. The number of ether oxygens (including phenoxy) is 2. The molecule has 0 N–H and O–H groups in total. The van der Waals surface area contributed by atoms with Crippen LogP contribution in [-0.4, -0.2) is 45.3 Å². The Morgan fingerprint density at radius 1 is 1.15 bits per heavy atom. The molecule has 0 spiro atoms. The zero-order chi connectivity index (χ0) is 23.6. The summed E-state index contributed by atoms with van der Waals surface area (Å²) in [7, 11) is 0. The molecule has 33 heavy (non-hydrogen) atoms. The molecule has 1 amide bonds. The summed E-state index contributed by atoms with van der Waals surface area (Å²) < 4.78 is 13.9. The van der Waals surface area contributed by atoms with Gasteiger partial charge in [-0.15, -0.1) is 0 Å². The molecular weight excluding hydrogens is 461 g/mol. The molecule has 1 fully saturated rings. The molecule has 176 valence electrons. The quantitative estimate of drug-likeness (QED) is 0.407. The van der Waals surface area contributed by atoms with Crippen molar-refractivity contribution in [1.82, 2.24) is 14.5 Å². The molecule has 1 atom stereocenters. The highest BCUT2D eigenvalue weighted by molar-refractivity contribution is 6.35. The lowest BCUT2D eigenvalue weighted by atomic mass is 10.0. The van der Waals surface area contributed by atoms with Crippen LogP contribution in [0.15, 0.2) is 42.5 Å². The monoisotopic (exact) mass is 489 g/mol. The van der Waals surface area contributed by atoms with Gasteiger partial charge in [0.25, 0.3) is 6.01 Å². The van der Waals surface area contributed by atoms with Gasteiger partial charge in [0.15, 0.2) is 0 Å². The third kappa shape index (κ3) is 5.74. The van der Waals surface area contributed by atoms with Gasteiger partial charge in [-0.1, -0.05) is 41.4 Å². The van der Waals surface area contributed by atoms with Gasteiger partial charge in [0.05, 0.1) is 23.6 Å². The van der Waals surface area contributed by atoms with Gasteiger partial charge >= 0.3 is 6.09 Å². The average Bonchev–Trinajstić information content (AvgIpc) is 3.10. The Morgan fingerprint density at radius 3 is 2.70 bits per heavy atom. The minimum Gasteiger partial charge on any atom is -0.462 e. The SMILES string of the molecule is CC(C)(C)OC(=O)N1CCCC[C@@H]1COc1nc2ccccc2n1Cc1ccc(Cl)cc1Cl. The number of imidazole rings is 1. The molecule has 4 rings (SSSR count). The number of benzene rings is 2. The number of hydrogen-bond donors (Lipinski definition) is 0. The van der Waals surface area contributed by atoms with Crippen LogP contribution in [-0.2, 0) is 11.3 Å². The number of halogens is 2. The summed E-state index contributed by atoms with van der Waals surface area (Å²) in [4.78, 5) is 19.2. The summed E-state index contributed by atoms with van der Waals surface area (Å²) in [5.74, 6) is 0. The van der Waals surface area contributed by atoms with E-state index in [1.807, 2.05) is 61.7 Å². The number of fused-ring (bicyclic) bond motifs is 1. The zero-order valence-electron chi connectivity index (χ0n) is 19.2. The minimum absolute atomic E-state index is 0.0685. The number of aromatic nitrogens is 2. The Hall–Kier alpha value is -2.44. The van der Waals surface area contributed by atoms with Crippen LogP contribution in [0.3, 0.4) is 0 Å². The van der Waals surface area contributed by atoms with E-state index >= 15 is 0 Å². The van der Waals surface area contributed by atoms with Gasteiger partial charge in [0.1, 0.15) is 12.2 Å². The number of rotatable bonds is 5. The molecule has 1 aliphatic rings. The van der Waals surface area contributed by atoms with Gasteiger partial charge in [-0.3, -0.25) is 4.57 Å². The molecule has 8 heteroatoms. The summed E-state index contributed by atoms with van der Waals surface area (Å²) in [5, 5.41) is 1.19. The third-order valence-corrected chi connectivity index (χ3v) is 6.21. The van der Waals surface area contributed by atoms with Crippen LogP contribution in [0.4, 0.5) is 4.79 Å². The molecule has 0 saturated carbocycles. The van der Waals surface area contributed by atoms with Crippen LogP contribution in [0.2, 0.25) is 10.0 Å². The summed E-state index contributed by atoms with van der Waals surface area (Å²) in [5.41, 5.74) is 2.17. The molecule has 2 heterocycles. The standard InChI is InChI=1S/C25H29Cl2N3O3/c1-25(2,3)33-24(31)29-13-7-6-8-19(29)16-32-23-28-21-9-4-5-10-22(21)30(23)15-17-11-12-18(26)14-20(17)27/h4-5,9-12,14,19H,6-8,13,15-16H2,1-3H3/t19-/m1/s1. The second-order valence-electron chi connectivity index (χ2n) is 9.34. The van der Waals surface area contributed by atoms with Gasteiger partial charge in [-0.05, 0) is 69.9 Å². The lowest BCUT2D eigenvalue weighted by molar-refractivity contribution is 0.00290. The molecule has 1 saturated heterocycles. The Bertz CT molecular complexity index is 1140. The van der Waals surface area contributed by atoms with E-state index in [-0.39, 0.29) is 12.1 Å². The first kappa shape index (κ1) is 23.7. The van der Waals surface area contributed by atoms with Crippen molar-refractivity contribution >= 4 is 40.3 Å². The van der Waals surface area contributed by atoms with Crippen LogP contribution in [0, 0.1) is 0 Å². The fraction of sp³-hybridized carbons (Fsp3) is 0.440. The molecule has 2 aromatic carbocycles. The maximum absolute atomic E-state index is 12.8. The van der Waals surface area contributed by atoms with Gasteiger partial charge in [-0.25, -0.2) is 4.79 Å². The van der Waals surface area contributed by atoms with Crippen molar-refractivity contribution < 1.29 is 14.3 Å². The number of carbonyl (C=O) groups excluding carboxylic acids is 1. The third-order valence-electron chi connectivity index (χ3n) is 5.62. The lowest BCUT2D eigenvalue weighted by Crippen LogP contribution is -2.48. The first-order chi connectivity index (χ1) is 15.7. The molecular formula is C25H29Cl2N3O3. The highest BCUT2D eigenvalue weighted by Crippen LogP contribution is 2.28. The molecule has 0 aliphatic carbocycles. The van der Waals surface area contributed by atoms with Crippen LogP contribution in [0.1, 0.15) is 45.6 Å².